The molecule has 1 heterocycles. The van der Waals surface area contributed by atoms with Crippen LogP contribution in [-0.2, 0) is 19.1 Å². The average Bonchev–Trinajstić information content (AvgIpc) is 2.77. The van der Waals surface area contributed by atoms with Crippen LogP contribution in [0.2, 0.25) is 0 Å². The van der Waals surface area contributed by atoms with E-state index in [1.54, 1.807) is 6.92 Å². The summed E-state index contributed by atoms with van der Waals surface area (Å²) >= 11 is 0. The van der Waals surface area contributed by atoms with Crippen LogP contribution in [0, 0.1) is 5.92 Å². The molecule has 5 heteroatoms. The van der Waals surface area contributed by atoms with Crippen LogP contribution in [0.1, 0.15) is 26.7 Å². The lowest BCUT2D eigenvalue weighted by Gasteiger charge is -2.23. The van der Waals surface area contributed by atoms with Gasteiger partial charge in [-0.15, -0.1) is 0 Å². The van der Waals surface area contributed by atoms with Crippen LogP contribution in [0.25, 0.3) is 0 Å². The predicted octanol–water partition coefficient (Wildman–Crippen LogP) is 0.823. The summed E-state index contributed by atoms with van der Waals surface area (Å²) in [5, 5.41) is 0. The molecule has 0 aromatic heterocycles. The van der Waals surface area contributed by atoms with Crippen molar-refractivity contribution in [3.63, 3.8) is 0 Å². The van der Waals surface area contributed by atoms with Gasteiger partial charge < -0.3 is 9.47 Å². The Hall–Kier alpha value is -1.10. The number of ether oxygens (including phenoxy) is 2. The molecule has 1 rings (SSSR count). The van der Waals surface area contributed by atoms with E-state index in [9.17, 15) is 9.59 Å². The zero-order valence-electron chi connectivity index (χ0n) is 10.8. The molecule has 0 aromatic rings. The summed E-state index contributed by atoms with van der Waals surface area (Å²) in [6, 6.07) is 0.115. The highest BCUT2D eigenvalue weighted by molar-refractivity contribution is 5.73. The molecule has 1 saturated heterocycles. The maximum absolute atomic E-state index is 11.4. The van der Waals surface area contributed by atoms with Gasteiger partial charge in [0.2, 0.25) is 0 Å². The van der Waals surface area contributed by atoms with Gasteiger partial charge in [-0.25, -0.2) is 0 Å². The standard InChI is InChI=1S/C12H21NO4/c1-4-17-11(14)7-9(2)13-6-5-10(8-13)12(15)16-3/h9-10H,4-8H2,1-3H3. The topological polar surface area (TPSA) is 55.8 Å². The number of rotatable bonds is 5. The fraction of sp³-hybridized carbons (Fsp3) is 0.833. The highest BCUT2D eigenvalue weighted by Crippen LogP contribution is 2.21. The third kappa shape index (κ3) is 4.00. The first-order valence-electron chi connectivity index (χ1n) is 6.06. The Morgan fingerprint density at radius 1 is 1.47 bits per heavy atom. The van der Waals surface area contributed by atoms with Crippen molar-refractivity contribution < 1.29 is 19.1 Å². The lowest BCUT2D eigenvalue weighted by molar-refractivity contribution is -0.144. The summed E-state index contributed by atoms with van der Waals surface area (Å²) in [5.74, 6) is -0.387. The van der Waals surface area contributed by atoms with Crippen molar-refractivity contribution >= 4 is 11.9 Å². The van der Waals surface area contributed by atoms with Crippen molar-refractivity contribution in [3.8, 4) is 0 Å². The Kier molecular flexibility index (Phi) is 5.41. The second-order valence-corrected chi connectivity index (χ2v) is 4.36. The van der Waals surface area contributed by atoms with E-state index in [1.807, 2.05) is 6.92 Å². The molecular formula is C12H21NO4. The SMILES string of the molecule is CCOC(=O)CC(C)N1CCC(C(=O)OC)C1. The molecule has 1 aliphatic heterocycles. The molecule has 5 nitrogen and oxygen atoms in total. The van der Waals surface area contributed by atoms with Gasteiger partial charge in [-0.2, -0.15) is 0 Å². The number of esters is 2. The van der Waals surface area contributed by atoms with Gasteiger partial charge in [0.15, 0.2) is 0 Å². The van der Waals surface area contributed by atoms with E-state index >= 15 is 0 Å². The van der Waals surface area contributed by atoms with Crippen LogP contribution < -0.4 is 0 Å². The predicted molar refractivity (Wildman–Crippen MR) is 62.4 cm³/mol. The lowest BCUT2D eigenvalue weighted by atomic mass is 10.1. The van der Waals surface area contributed by atoms with Crippen LogP contribution in [0.4, 0.5) is 0 Å². The Balaban J connectivity index is 2.37. The molecule has 98 valence electrons. The van der Waals surface area contributed by atoms with Crippen LogP contribution in [0.3, 0.4) is 0 Å². The molecule has 1 fully saturated rings. The van der Waals surface area contributed by atoms with Crippen molar-refractivity contribution in [2.45, 2.75) is 32.7 Å². The van der Waals surface area contributed by atoms with Gasteiger partial charge >= 0.3 is 11.9 Å². The Morgan fingerprint density at radius 2 is 2.18 bits per heavy atom. The minimum absolute atomic E-state index is 0.0513. The molecule has 1 aliphatic rings. The zero-order chi connectivity index (χ0) is 12.8. The Bertz CT molecular complexity index is 280. The molecule has 0 N–H and O–H groups in total. The molecule has 0 aromatic carbocycles. The summed E-state index contributed by atoms with van der Waals surface area (Å²) in [7, 11) is 1.41. The monoisotopic (exact) mass is 243 g/mol. The maximum Gasteiger partial charge on any atom is 0.310 e. The van der Waals surface area contributed by atoms with Crippen molar-refractivity contribution in [2.24, 2.45) is 5.92 Å². The minimum Gasteiger partial charge on any atom is -0.469 e. The summed E-state index contributed by atoms with van der Waals surface area (Å²) in [5.41, 5.74) is 0. The second kappa shape index (κ2) is 6.59. The first-order valence-corrected chi connectivity index (χ1v) is 6.06. The van der Waals surface area contributed by atoms with Crippen molar-refractivity contribution in [2.75, 3.05) is 26.8 Å². The molecule has 0 amide bonds. The molecular weight excluding hydrogens is 222 g/mol. The minimum atomic E-state index is -0.179. The van der Waals surface area contributed by atoms with Gasteiger partial charge in [-0.1, -0.05) is 0 Å². The van der Waals surface area contributed by atoms with Crippen LogP contribution in [0.15, 0.2) is 0 Å². The number of hydrogen-bond acceptors (Lipinski definition) is 5. The van der Waals surface area contributed by atoms with Crippen LogP contribution in [0.5, 0.6) is 0 Å². The molecule has 17 heavy (non-hydrogen) atoms. The van der Waals surface area contributed by atoms with Crippen LogP contribution in [-0.4, -0.2) is 49.7 Å². The smallest absolute Gasteiger partial charge is 0.310 e. The summed E-state index contributed by atoms with van der Waals surface area (Å²) in [6.07, 6.45) is 1.18. The van der Waals surface area contributed by atoms with Gasteiger partial charge in [0, 0.05) is 12.6 Å². The van der Waals surface area contributed by atoms with E-state index in [1.165, 1.54) is 7.11 Å². The number of carbonyl (C=O) groups excluding carboxylic acids is 2. The molecule has 2 atom stereocenters. The third-order valence-electron chi connectivity index (χ3n) is 3.14. The van der Waals surface area contributed by atoms with E-state index in [4.69, 9.17) is 9.47 Å². The molecule has 0 bridgehead atoms. The number of carbonyl (C=O) groups is 2. The van der Waals surface area contributed by atoms with E-state index in [0.717, 1.165) is 13.0 Å². The van der Waals surface area contributed by atoms with E-state index in [-0.39, 0.29) is 23.9 Å². The van der Waals surface area contributed by atoms with Crippen molar-refractivity contribution in [3.05, 3.63) is 0 Å². The van der Waals surface area contributed by atoms with E-state index in [0.29, 0.717) is 19.6 Å². The first kappa shape index (κ1) is 14.0. The third-order valence-corrected chi connectivity index (χ3v) is 3.14. The van der Waals surface area contributed by atoms with E-state index in [2.05, 4.69) is 4.90 Å². The average molecular weight is 243 g/mol. The number of hydrogen-bond donors (Lipinski definition) is 0. The Morgan fingerprint density at radius 3 is 2.76 bits per heavy atom. The highest BCUT2D eigenvalue weighted by atomic mass is 16.5. The fourth-order valence-electron chi connectivity index (χ4n) is 2.14. The molecule has 0 aliphatic carbocycles. The molecule has 0 radical (unpaired) electrons. The maximum atomic E-state index is 11.4. The van der Waals surface area contributed by atoms with Crippen molar-refractivity contribution in [1.82, 2.24) is 4.90 Å². The number of likely N-dealkylation sites (tertiary alicyclic amines) is 1. The van der Waals surface area contributed by atoms with Gasteiger partial charge in [-0.3, -0.25) is 14.5 Å². The summed E-state index contributed by atoms with van der Waals surface area (Å²) in [6.45, 7) is 5.70. The number of nitrogens with zero attached hydrogens (tertiary/aromatic N) is 1. The highest BCUT2D eigenvalue weighted by Gasteiger charge is 2.32. The summed E-state index contributed by atoms with van der Waals surface area (Å²) < 4.78 is 9.63. The van der Waals surface area contributed by atoms with Gasteiger partial charge in [0.1, 0.15) is 0 Å². The van der Waals surface area contributed by atoms with Crippen molar-refractivity contribution in [1.29, 1.82) is 0 Å². The number of methoxy groups -OCH3 is 1. The first-order chi connectivity index (χ1) is 8.08. The van der Waals surface area contributed by atoms with Gasteiger partial charge in [-0.05, 0) is 26.8 Å². The van der Waals surface area contributed by atoms with Crippen LogP contribution >= 0.6 is 0 Å². The van der Waals surface area contributed by atoms with Gasteiger partial charge in [0.25, 0.3) is 0 Å². The normalized spacial score (nSPS) is 22.2. The quantitative estimate of drug-likeness (QED) is 0.669. The largest absolute Gasteiger partial charge is 0.469 e. The Labute approximate surface area is 102 Å². The lowest BCUT2D eigenvalue weighted by Crippen LogP contribution is -2.34. The zero-order valence-corrected chi connectivity index (χ0v) is 10.8. The fourth-order valence-corrected chi connectivity index (χ4v) is 2.14. The second-order valence-electron chi connectivity index (χ2n) is 4.36. The summed E-state index contributed by atoms with van der Waals surface area (Å²) in [4.78, 5) is 24.8. The molecule has 2 unspecified atom stereocenters. The molecule has 0 spiro atoms. The van der Waals surface area contributed by atoms with Gasteiger partial charge in [0.05, 0.1) is 26.1 Å². The van der Waals surface area contributed by atoms with E-state index < -0.39 is 0 Å². The molecule has 0 saturated carbocycles.